The number of benzene rings is 3. The number of rotatable bonds is 9. The molecule has 10 heteroatoms. The van der Waals surface area contributed by atoms with Crippen molar-refractivity contribution in [2.75, 3.05) is 32.7 Å². The molecule has 7 nitrogen and oxygen atoms in total. The molecule has 3 aromatic rings. The molecule has 0 N–H and O–H groups in total. The Labute approximate surface area is 203 Å². The van der Waals surface area contributed by atoms with E-state index in [0.29, 0.717) is 28.6 Å². The lowest BCUT2D eigenvalue weighted by molar-refractivity contribution is 0.355. The minimum atomic E-state index is -4.24. The maximum atomic E-state index is 13.9. The molecule has 0 heterocycles. The predicted molar refractivity (Wildman–Crippen MR) is 129 cm³/mol. The van der Waals surface area contributed by atoms with Gasteiger partial charge in [0.2, 0.25) is 0 Å². The van der Waals surface area contributed by atoms with Crippen molar-refractivity contribution in [2.45, 2.75) is 17.9 Å². The molecule has 0 aromatic heterocycles. The average molecular weight is 510 g/mol. The third-order valence-corrected chi connectivity index (χ3v) is 7.49. The number of halogens is 2. The van der Waals surface area contributed by atoms with E-state index in [2.05, 4.69) is 0 Å². The monoisotopic (exact) mass is 509 g/mol. The SMILES string of the molecule is COc1ccc(OC)c(C(C)N(c2ccc(OC)c(OC)c2)S(=O)(=O)c2ccc(F)c(Cl)c2)c1. The fraction of sp³-hybridized carbons (Fsp3) is 0.250. The van der Waals surface area contributed by atoms with Gasteiger partial charge in [-0.15, -0.1) is 0 Å². The van der Waals surface area contributed by atoms with Gasteiger partial charge in [0, 0.05) is 11.6 Å². The van der Waals surface area contributed by atoms with Crippen LogP contribution in [0.15, 0.2) is 59.5 Å². The molecule has 1 atom stereocenters. The summed E-state index contributed by atoms with van der Waals surface area (Å²) in [6, 6.07) is 12.3. The number of ether oxygens (including phenoxy) is 4. The Hall–Kier alpha value is -3.17. The summed E-state index contributed by atoms with van der Waals surface area (Å²) in [4.78, 5) is -0.178. The topological polar surface area (TPSA) is 74.3 Å². The summed E-state index contributed by atoms with van der Waals surface area (Å²) in [7, 11) is 1.70. The second-order valence-corrected chi connectivity index (χ2v) is 9.42. The van der Waals surface area contributed by atoms with Crippen LogP contribution in [0.5, 0.6) is 23.0 Å². The Kier molecular flexibility index (Phi) is 7.78. The van der Waals surface area contributed by atoms with Crippen molar-refractivity contribution in [3.63, 3.8) is 0 Å². The smallest absolute Gasteiger partial charge is 0.264 e. The fourth-order valence-corrected chi connectivity index (χ4v) is 5.48. The van der Waals surface area contributed by atoms with Crippen LogP contribution in [-0.2, 0) is 10.0 Å². The van der Waals surface area contributed by atoms with E-state index < -0.39 is 21.9 Å². The van der Waals surface area contributed by atoms with Crippen molar-refractivity contribution >= 4 is 27.3 Å². The summed E-state index contributed by atoms with van der Waals surface area (Å²) in [5.74, 6) is 1.03. The van der Waals surface area contributed by atoms with E-state index in [9.17, 15) is 12.8 Å². The Bertz CT molecular complexity index is 1280. The molecular weight excluding hydrogens is 485 g/mol. The molecule has 182 valence electrons. The molecule has 34 heavy (non-hydrogen) atoms. The van der Waals surface area contributed by atoms with E-state index in [4.69, 9.17) is 30.5 Å². The van der Waals surface area contributed by atoms with Gasteiger partial charge in [-0.3, -0.25) is 4.31 Å². The molecule has 0 fully saturated rings. The zero-order valence-corrected chi connectivity index (χ0v) is 20.9. The van der Waals surface area contributed by atoms with Crippen LogP contribution in [0.1, 0.15) is 18.5 Å². The van der Waals surface area contributed by atoms with E-state index in [0.717, 1.165) is 12.1 Å². The zero-order valence-electron chi connectivity index (χ0n) is 19.3. The molecule has 0 radical (unpaired) electrons. The molecule has 0 spiro atoms. The Balaban J connectivity index is 2.27. The first kappa shape index (κ1) is 25.5. The summed E-state index contributed by atoms with van der Waals surface area (Å²) in [5.41, 5.74) is 0.837. The fourth-order valence-electron chi connectivity index (χ4n) is 3.58. The van der Waals surface area contributed by atoms with Crippen LogP contribution in [0, 0.1) is 5.82 Å². The Morgan fingerprint density at radius 2 is 1.47 bits per heavy atom. The lowest BCUT2D eigenvalue weighted by Gasteiger charge is -2.32. The van der Waals surface area contributed by atoms with Crippen LogP contribution in [-0.4, -0.2) is 36.9 Å². The lowest BCUT2D eigenvalue weighted by atomic mass is 10.1. The highest BCUT2D eigenvalue weighted by Gasteiger charge is 2.33. The van der Waals surface area contributed by atoms with Crippen LogP contribution in [0.3, 0.4) is 0 Å². The third kappa shape index (κ3) is 4.85. The van der Waals surface area contributed by atoms with E-state index in [1.807, 2.05) is 0 Å². The van der Waals surface area contributed by atoms with E-state index in [-0.39, 0.29) is 15.6 Å². The largest absolute Gasteiger partial charge is 0.497 e. The Morgan fingerprint density at radius 3 is 2.06 bits per heavy atom. The predicted octanol–water partition coefficient (Wildman–Crippen LogP) is 5.47. The quantitative estimate of drug-likeness (QED) is 0.381. The molecule has 0 aliphatic rings. The average Bonchev–Trinajstić information content (AvgIpc) is 2.84. The standard InChI is InChI=1S/C24H25ClFNO6S/c1-15(19-13-17(30-2)7-11-22(19)31-3)27(16-6-10-23(32-4)24(12-16)33-5)34(28,29)18-8-9-21(26)20(25)14-18/h6-15H,1-5H3. The Morgan fingerprint density at radius 1 is 0.824 bits per heavy atom. The van der Waals surface area contributed by atoms with Gasteiger partial charge in [-0.2, -0.15) is 0 Å². The van der Waals surface area contributed by atoms with Crippen molar-refractivity contribution < 1.29 is 31.8 Å². The molecule has 1 unspecified atom stereocenters. The van der Waals surface area contributed by atoms with Crippen LogP contribution in [0.2, 0.25) is 5.02 Å². The maximum absolute atomic E-state index is 13.9. The van der Waals surface area contributed by atoms with Crippen LogP contribution < -0.4 is 23.3 Å². The number of anilines is 1. The number of hydrogen-bond donors (Lipinski definition) is 0. The van der Waals surface area contributed by atoms with Gasteiger partial charge in [-0.1, -0.05) is 11.6 Å². The van der Waals surface area contributed by atoms with Gasteiger partial charge in [0.1, 0.15) is 17.3 Å². The highest BCUT2D eigenvalue weighted by molar-refractivity contribution is 7.92. The van der Waals surface area contributed by atoms with Gasteiger partial charge in [0.25, 0.3) is 10.0 Å². The van der Waals surface area contributed by atoms with Crippen LogP contribution in [0.4, 0.5) is 10.1 Å². The molecule has 0 saturated carbocycles. The highest BCUT2D eigenvalue weighted by Crippen LogP contribution is 2.41. The van der Waals surface area contributed by atoms with E-state index >= 15 is 0 Å². The third-order valence-electron chi connectivity index (χ3n) is 5.31. The molecule has 0 amide bonds. The number of nitrogens with zero attached hydrogens (tertiary/aromatic N) is 1. The number of methoxy groups -OCH3 is 4. The molecule has 3 aromatic carbocycles. The zero-order chi connectivity index (χ0) is 25.0. The second-order valence-electron chi connectivity index (χ2n) is 7.20. The first-order chi connectivity index (χ1) is 16.2. The number of sulfonamides is 1. The summed E-state index contributed by atoms with van der Waals surface area (Å²) in [6.45, 7) is 1.71. The normalized spacial score (nSPS) is 12.1. The van der Waals surface area contributed by atoms with Crippen molar-refractivity contribution in [1.82, 2.24) is 0 Å². The summed E-state index contributed by atoms with van der Waals surface area (Å²) >= 11 is 5.91. The number of hydrogen-bond acceptors (Lipinski definition) is 6. The van der Waals surface area contributed by atoms with Crippen LogP contribution in [0.25, 0.3) is 0 Å². The van der Waals surface area contributed by atoms with Crippen molar-refractivity contribution in [2.24, 2.45) is 0 Å². The molecule has 0 bridgehead atoms. The van der Waals surface area contributed by atoms with Gasteiger partial charge < -0.3 is 18.9 Å². The van der Waals surface area contributed by atoms with Crippen molar-refractivity contribution in [3.8, 4) is 23.0 Å². The molecule has 0 saturated heterocycles. The second kappa shape index (κ2) is 10.4. The molecule has 3 rings (SSSR count). The van der Waals surface area contributed by atoms with Gasteiger partial charge >= 0.3 is 0 Å². The minimum absolute atomic E-state index is 0.178. The lowest BCUT2D eigenvalue weighted by Crippen LogP contribution is -2.34. The first-order valence-electron chi connectivity index (χ1n) is 10.1. The van der Waals surface area contributed by atoms with Crippen LogP contribution >= 0.6 is 11.6 Å². The molecule has 0 aliphatic carbocycles. The van der Waals surface area contributed by atoms with E-state index in [1.165, 1.54) is 38.8 Å². The van der Waals surface area contributed by atoms with Gasteiger partial charge in [-0.25, -0.2) is 12.8 Å². The van der Waals surface area contributed by atoms with Gasteiger partial charge in [0.15, 0.2) is 11.5 Å². The summed E-state index contributed by atoms with van der Waals surface area (Å²) < 4.78 is 64.3. The van der Waals surface area contributed by atoms with Gasteiger partial charge in [0.05, 0.1) is 50.1 Å². The van der Waals surface area contributed by atoms with Crippen molar-refractivity contribution in [3.05, 3.63) is 71.0 Å². The van der Waals surface area contributed by atoms with Gasteiger partial charge in [-0.05, 0) is 55.5 Å². The highest BCUT2D eigenvalue weighted by atomic mass is 35.5. The first-order valence-corrected chi connectivity index (χ1v) is 11.9. The maximum Gasteiger partial charge on any atom is 0.264 e. The molecular formula is C24H25ClFNO6S. The minimum Gasteiger partial charge on any atom is -0.497 e. The van der Waals surface area contributed by atoms with E-state index in [1.54, 1.807) is 43.3 Å². The summed E-state index contributed by atoms with van der Waals surface area (Å²) in [6.07, 6.45) is 0. The molecule has 0 aliphatic heterocycles. The van der Waals surface area contributed by atoms with Crippen molar-refractivity contribution in [1.29, 1.82) is 0 Å². The summed E-state index contributed by atoms with van der Waals surface area (Å²) in [5, 5.41) is -0.306.